The van der Waals surface area contributed by atoms with E-state index in [-0.39, 0.29) is 17.5 Å². The van der Waals surface area contributed by atoms with Gasteiger partial charge in [-0.25, -0.2) is 14.3 Å². The normalized spacial score (nSPS) is 11.0. The monoisotopic (exact) mass is 457 g/mol. The molecule has 0 saturated heterocycles. The maximum absolute atomic E-state index is 13.4. The second-order valence-electron chi connectivity index (χ2n) is 8.47. The lowest BCUT2D eigenvalue weighted by atomic mass is 10.0. The number of ketones is 1. The number of fused-ring (bicyclic) bond motifs is 1. The number of nitrogen functional groups attached to an aromatic ring is 1. The molecule has 0 aliphatic carbocycles. The van der Waals surface area contributed by atoms with Gasteiger partial charge in [0.2, 0.25) is 0 Å². The molecule has 0 saturated carbocycles. The molecule has 0 unspecified atom stereocenters. The number of aromatic nitrogens is 3. The van der Waals surface area contributed by atoms with Gasteiger partial charge in [0.15, 0.2) is 11.6 Å². The number of urea groups is 1. The summed E-state index contributed by atoms with van der Waals surface area (Å²) in [4.78, 5) is 31.9. The van der Waals surface area contributed by atoms with Crippen LogP contribution in [-0.2, 0) is 0 Å². The second kappa shape index (κ2) is 9.22. The minimum absolute atomic E-state index is 0.131. The molecule has 2 heterocycles. The zero-order valence-electron chi connectivity index (χ0n) is 19.5. The third-order valence-electron chi connectivity index (χ3n) is 5.47. The number of nitrogens with two attached hydrogens (primary N) is 1. The number of hydrogen-bond acceptors (Lipinski definition) is 6. The summed E-state index contributed by atoms with van der Waals surface area (Å²) in [6, 6.07) is 15.7. The number of hydrogen-bond donors (Lipinski definition) is 3. The van der Waals surface area contributed by atoms with Crippen molar-refractivity contribution in [1.82, 2.24) is 14.6 Å². The van der Waals surface area contributed by atoms with E-state index in [4.69, 9.17) is 5.73 Å². The summed E-state index contributed by atoms with van der Waals surface area (Å²) in [5, 5.41) is 9.85. The van der Waals surface area contributed by atoms with E-state index in [1.54, 1.807) is 34.8 Å². The maximum Gasteiger partial charge on any atom is 0.323 e. The van der Waals surface area contributed by atoms with E-state index < -0.39 is 6.03 Å². The molecule has 2 aromatic heterocycles. The number of anilines is 4. The van der Waals surface area contributed by atoms with Gasteiger partial charge < -0.3 is 21.3 Å². The van der Waals surface area contributed by atoms with Crippen LogP contribution in [0.1, 0.15) is 41.4 Å². The first-order valence-electron chi connectivity index (χ1n) is 10.9. The van der Waals surface area contributed by atoms with Crippen molar-refractivity contribution in [1.29, 1.82) is 0 Å². The van der Waals surface area contributed by atoms with Crippen LogP contribution in [0.15, 0.2) is 60.9 Å². The van der Waals surface area contributed by atoms with Gasteiger partial charge in [-0.2, -0.15) is 5.10 Å². The molecule has 0 radical (unpaired) electrons. The van der Waals surface area contributed by atoms with Crippen LogP contribution in [-0.4, -0.2) is 40.5 Å². The van der Waals surface area contributed by atoms with Crippen LogP contribution >= 0.6 is 0 Å². The van der Waals surface area contributed by atoms with Gasteiger partial charge in [-0.1, -0.05) is 26.0 Å². The third kappa shape index (κ3) is 4.54. The van der Waals surface area contributed by atoms with E-state index in [1.165, 1.54) is 6.33 Å². The first-order chi connectivity index (χ1) is 16.2. The smallest absolute Gasteiger partial charge is 0.323 e. The van der Waals surface area contributed by atoms with Crippen molar-refractivity contribution in [2.75, 3.05) is 35.4 Å². The zero-order valence-corrected chi connectivity index (χ0v) is 19.5. The summed E-state index contributed by atoms with van der Waals surface area (Å²) < 4.78 is 1.66. The van der Waals surface area contributed by atoms with Crippen LogP contribution < -0.4 is 21.3 Å². The van der Waals surface area contributed by atoms with Gasteiger partial charge in [-0.3, -0.25) is 4.79 Å². The lowest BCUT2D eigenvalue weighted by molar-refractivity contribution is 0.104. The predicted octanol–water partition coefficient (Wildman–Crippen LogP) is 4.38. The van der Waals surface area contributed by atoms with E-state index in [1.807, 2.05) is 57.1 Å². The average molecular weight is 458 g/mol. The predicted molar refractivity (Wildman–Crippen MR) is 135 cm³/mol. The molecule has 2 aromatic carbocycles. The highest BCUT2D eigenvalue weighted by Crippen LogP contribution is 2.27. The number of rotatable bonds is 6. The van der Waals surface area contributed by atoms with Gasteiger partial charge in [0.1, 0.15) is 11.8 Å². The fraction of sp³-hybridized carbons (Fsp3) is 0.200. The number of carbonyl (C=O) groups is 2. The van der Waals surface area contributed by atoms with Crippen molar-refractivity contribution in [2.24, 2.45) is 0 Å². The van der Waals surface area contributed by atoms with Crippen molar-refractivity contribution in [2.45, 2.75) is 19.8 Å². The van der Waals surface area contributed by atoms with Gasteiger partial charge in [-0.05, 0) is 48.4 Å². The van der Waals surface area contributed by atoms with Crippen LogP contribution in [0.2, 0.25) is 0 Å². The van der Waals surface area contributed by atoms with Crippen LogP contribution in [0.25, 0.3) is 5.52 Å². The van der Waals surface area contributed by atoms with Gasteiger partial charge >= 0.3 is 6.03 Å². The Morgan fingerprint density at radius 3 is 2.38 bits per heavy atom. The Bertz CT molecular complexity index is 1360. The fourth-order valence-corrected chi connectivity index (χ4v) is 3.71. The molecule has 0 aliphatic rings. The minimum atomic E-state index is -0.406. The topological polar surface area (TPSA) is 118 Å². The maximum atomic E-state index is 13.4. The Balaban J connectivity index is 1.56. The molecule has 9 heteroatoms. The Morgan fingerprint density at radius 2 is 1.71 bits per heavy atom. The Kier molecular flexibility index (Phi) is 6.18. The lowest BCUT2D eigenvalue weighted by Gasteiger charge is -2.13. The Hall–Kier alpha value is -4.40. The number of amides is 2. The molecule has 174 valence electrons. The molecule has 4 N–H and O–H groups in total. The molecule has 0 aliphatic heterocycles. The zero-order chi connectivity index (χ0) is 24.4. The van der Waals surface area contributed by atoms with Crippen molar-refractivity contribution in [3.05, 3.63) is 77.7 Å². The number of benzene rings is 2. The molecule has 0 spiro atoms. The van der Waals surface area contributed by atoms with Gasteiger partial charge in [0.25, 0.3) is 0 Å². The standard InChI is InChI=1S/C25H27N7O2/c1-15(2)21-13-20(22-24(26)27-14-28-32(21)22)23(33)16-6-5-7-18(12-16)30-25(34)29-17-8-10-19(11-9-17)31(3)4/h5-15H,1-4H3,(H2,26,27,28)(H2,29,30,34). The molecular formula is C25H27N7O2. The number of carbonyl (C=O) groups excluding carboxylic acids is 2. The fourth-order valence-electron chi connectivity index (χ4n) is 3.71. The highest BCUT2D eigenvalue weighted by Gasteiger charge is 2.22. The van der Waals surface area contributed by atoms with Crippen LogP contribution in [0, 0.1) is 0 Å². The largest absolute Gasteiger partial charge is 0.382 e. The number of nitrogens with one attached hydrogen (secondary N) is 2. The SMILES string of the molecule is CC(C)c1cc(C(=O)c2cccc(NC(=O)Nc3ccc(N(C)C)cc3)c2)c2c(N)ncnn12. The van der Waals surface area contributed by atoms with Gasteiger partial charge in [-0.15, -0.1) is 0 Å². The Morgan fingerprint density at radius 1 is 1.00 bits per heavy atom. The molecule has 0 fully saturated rings. The van der Waals surface area contributed by atoms with Crippen LogP contribution in [0.4, 0.5) is 27.7 Å². The quantitative estimate of drug-likeness (QED) is 0.370. The molecule has 0 atom stereocenters. The summed E-state index contributed by atoms with van der Waals surface area (Å²) in [5.41, 5.74) is 10.4. The molecule has 4 rings (SSSR count). The lowest BCUT2D eigenvalue weighted by Crippen LogP contribution is -2.19. The van der Waals surface area contributed by atoms with Crippen molar-refractivity contribution in [3.8, 4) is 0 Å². The summed E-state index contributed by atoms with van der Waals surface area (Å²) in [6.07, 6.45) is 1.37. The molecule has 9 nitrogen and oxygen atoms in total. The minimum Gasteiger partial charge on any atom is -0.382 e. The van der Waals surface area contributed by atoms with E-state index >= 15 is 0 Å². The average Bonchev–Trinajstić information content (AvgIpc) is 3.20. The highest BCUT2D eigenvalue weighted by molar-refractivity contribution is 6.15. The molecule has 4 aromatic rings. The van der Waals surface area contributed by atoms with E-state index in [2.05, 4.69) is 20.7 Å². The van der Waals surface area contributed by atoms with E-state index in [0.717, 1.165) is 11.4 Å². The van der Waals surface area contributed by atoms with E-state index in [0.29, 0.717) is 28.0 Å². The summed E-state index contributed by atoms with van der Waals surface area (Å²) in [5.74, 6) is 0.139. The first kappa shape index (κ1) is 22.8. The van der Waals surface area contributed by atoms with Crippen molar-refractivity contribution in [3.63, 3.8) is 0 Å². The van der Waals surface area contributed by atoms with Gasteiger partial charge in [0.05, 0.1) is 5.56 Å². The summed E-state index contributed by atoms with van der Waals surface area (Å²) >= 11 is 0. The number of nitrogens with zero attached hydrogens (tertiary/aromatic N) is 4. The summed E-state index contributed by atoms with van der Waals surface area (Å²) in [6.45, 7) is 4.04. The molecule has 34 heavy (non-hydrogen) atoms. The molecule has 0 bridgehead atoms. The highest BCUT2D eigenvalue weighted by atomic mass is 16.2. The Labute approximate surface area is 197 Å². The molecule has 2 amide bonds. The van der Waals surface area contributed by atoms with Crippen molar-refractivity contribution >= 4 is 40.2 Å². The van der Waals surface area contributed by atoms with Crippen LogP contribution in [0.5, 0.6) is 0 Å². The third-order valence-corrected chi connectivity index (χ3v) is 5.47. The molecular weight excluding hydrogens is 430 g/mol. The van der Waals surface area contributed by atoms with Crippen LogP contribution in [0.3, 0.4) is 0 Å². The first-order valence-corrected chi connectivity index (χ1v) is 10.9. The summed E-state index contributed by atoms with van der Waals surface area (Å²) in [7, 11) is 3.90. The van der Waals surface area contributed by atoms with Gasteiger partial charge in [0, 0.05) is 42.4 Å². The van der Waals surface area contributed by atoms with E-state index in [9.17, 15) is 9.59 Å². The van der Waals surface area contributed by atoms with Crippen molar-refractivity contribution < 1.29 is 9.59 Å². The second-order valence-corrected chi connectivity index (χ2v) is 8.47.